The average molecular weight is 194 g/mol. The lowest BCUT2D eigenvalue weighted by Crippen LogP contribution is -2.47. The number of carbonyl (C=O) groups is 2. The van der Waals surface area contributed by atoms with E-state index in [2.05, 4.69) is 5.32 Å². The summed E-state index contributed by atoms with van der Waals surface area (Å²) in [6.07, 6.45) is 2.67. The first-order valence-corrected chi connectivity index (χ1v) is 5.36. The van der Waals surface area contributed by atoms with Gasteiger partial charge in [0.2, 0.25) is 11.8 Å². The van der Waals surface area contributed by atoms with Crippen LogP contribution in [-0.2, 0) is 9.59 Å². The molecular formula is C10H14N2O2. The molecule has 2 amide bonds. The van der Waals surface area contributed by atoms with Crippen LogP contribution in [0.5, 0.6) is 0 Å². The predicted molar refractivity (Wildman–Crippen MR) is 49.3 cm³/mol. The van der Waals surface area contributed by atoms with E-state index in [9.17, 15) is 9.59 Å². The fourth-order valence-electron chi connectivity index (χ4n) is 2.63. The highest BCUT2D eigenvalue weighted by molar-refractivity contribution is 6.09. The van der Waals surface area contributed by atoms with Crippen molar-refractivity contribution in [2.45, 2.75) is 25.3 Å². The quantitative estimate of drug-likeness (QED) is 0.585. The highest BCUT2D eigenvalue weighted by Crippen LogP contribution is 2.48. The van der Waals surface area contributed by atoms with E-state index in [1.54, 1.807) is 4.90 Å². The summed E-state index contributed by atoms with van der Waals surface area (Å²) in [6, 6.07) is 0.184. The van der Waals surface area contributed by atoms with E-state index >= 15 is 0 Å². The molecule has 3 rings (SSSR count). The molecule has 0 aromatic rings. The average Bonchev–Trinajstić information content (AvgIpc) is 2.94. The second-order valence-electron chi connectivity index (χ2n) is 4.48. The van der Waals surface area contributed by atoms with Gasteiger partial charge in [-0.25, -0.2) is 0 Å². The Balaban J connectivity index is 1.77. The zero-order valence-electron chi connectivity index (χ0n) is 8.03. The van der Waals surface area contributed by atoms with Crippen LogP contribution in [0.2, 0.25) is 0 Å². The minimum absolute atomic E-state index is 0.0670. The van der Waals surface area contributed by atoms with E-state index in [0.29, 0.717) is 0 Å². The molecule has 14 heavy (non-hydrogen) atoms. The second-order valence-corrected chi connectivity index (χ2v) is 4.48. The number of rotatable bonds is 1. The van der Waals surface area contributed by atoms with E-state index in [1.165, 1.54) is 0 Å². The molecule has 1 N–H and O–H groups in total. The van der Waals surface area contributed by atoms with Gasteiger partial charge in [0.25, 0.3) is 0 Å². The number of hydrogen-bond donors (Lipinski definition) is 1. The van der Waals surface area contributed by atoms with Crippen molar-refractivity contribution in [2.75, 3.05) is 13.1 Å². The molecule has 2 unspecified atom stereocenters. The Labute approximate surface area is 82.6 Å². The molecule has 2 aliphatic heterocycles. The van der Waals surface area contributed by atoms with Crippen molar-refractivity contribution < 1.29 is 9.59 Å². The molecule has 2 heterocycles. The summed E-state index contributed by atoms with van der Waals surface area (Å²) in [5.74, 6) is 0.341. The lowest BCUT2D eigenvalue weighted by molar-refractivity contribution is -0.144. The number of hydrogen-bond acceptors (Lipinski definition) is 3. The maximum atomic E-state index is 11.7. The van der Waals surface area contributed by atoms with Crippen molar-refractivity contribution in [3.8, 4) is 0 Å². The van der Waals surface area contributed by atoms with Gasteiger partial charge in [0.05, 0.1) is 11.8 Å². The van der Waals surface area contributed by atoms with Crippen LogP contribution in [0.25, 0.3) is 0 Å². The molecule has 3 aliphatic rings. The summed E-state index contributed by atoms with van der Waals surface area (Å²) in [7, 11) is 0. The fourth-order valence-corrected chi connectivity index (χ4v) is 2.63. The Morgan fingerprint density at radius 3 is 2.21 bits per heavy atom. The SMILES string of the molecule is O=C1C2CC2C(=O)N1C1CCNCC1. The van der Waals surface area contributed by atoms with Gasteiger partial charge in [0.15, 0.2) is 0 Å². The molecule has 1 aliphatic carbocycles. The molecule has 2 atom stereocenters. The van der Waals surface area contributed by atoms with Crippen LogP contribution in [-0.4, -0.2) is 35.8 Å². The number of amides is 2. The highest BCUT2D eigenvalue weighted by atomic mass is 16.2. The van der Waals surface area contributed by atoms with Crippen LogP contribution in [0.1, 0.15) is 19.3 Å². The van der Waals surface area contributed by atoms with Gasteiger partial charge in [-0.2, -0.15) is 0 Å². The first-order chi connectivity index (χ1) is 6.79. The number of likely N-dealkylation sites (tertiary alicyclic amines) is 1. The normalized spacial score (nSPS) is 37.6. The van der Waals surface area contributed by atoms with Crippen molar-refractivity contribution in [3.05, 3.63) is 0 Å². The molecule has 4 nitrogen and oxygen atoms in total. The van der Waals surface area contributed by atoms with Gasteiger partial charge in [-0.05, 0) is 32.4 Å². The maximum Gasteiger partial charge on any atom is 0.233 e. The van der Waals surface area contributed by atoms with Crippen LogP contribution in [0, 0.1) is 11.8 Å². The zero-order valence-corrected chi connectivity index (χ0v) is 8.03. The molecule has 2 saturated heterocycles. The zero-order chi connectivity index (χ0) is 9.71. The Hall–Kier alpha value is -0.900. The Bertz CT molecular complexity index is 276. The van der Waals surface area contributed by atoms with Gasteiger partial charge < -0.3 is 5.32 Å². The van der Waals surface area contributed by atoms with Crippen LogP contribution in [0.3, 0.4) is 0 Å². The summed E-state index contributed by atoms with van der Waals surface area (Å²) >= 11 is 0. The van der Waals surface area contributed by atoms with Crippen LogP contribution >= 0.6 is 0 Å². The summed E-state index contributed by atoms with van der Waals surface area (Å²) in [5, 5.41) is 3.24. The van der Waals surface area contributed by atoms with Crippen molar-refractivity contribution in [1.29, 1.82) is 0 Å². The fraction of sp³-hybridized carbons (Fsp3) is 0.800. The number of imide groups is 1. The third-order valence-corrected chi connectivity index (χ3v) is 3.57. The van der Waals surface area contributed by atoms with Crippen LogP contribution in [0.4, 0.5) is 0 Å². The van der Waals surface area contributed by atoms with Gasteiger partial charge in [-0.1, -0.05) is 0 Å². The smallest absolute Gasteiger partial charge is 0.233 e. The molecule has 0 spiro atoms. The minimum atomic E-state index is 0.0670. The molecule has 76 valence electrons. The topological polar surface area (TPSA) is 49.4 Å². The minimum Gasteiger partial charge on any atom is -0.317 e. The standard InChI is InChI=1S/C10H14N2O2/c13-9-7-5-8(7)10(14)12(9)6-1-3-11-4-2-6/h6-8,11H,1-5H2. The molecular weight excluding hydrogens is 180 g/mol. The van der Waals surface area contributed by atoms with Gasteiger partial charge in [0.1, 0.15) is 0 Å². The summed E-state index contributed by atoms with van der Waals surface area (Å²) < 4.78 is 0. The van der Waals surface area contributed by atoms with Crippen LogP contribution in [0.15, 0.2) is 0 Å². The van der Waals surface area contributed by atoms with Crippen molar-refractivity contribution in [1.82, 2.24) is 10.2 Å². The van der Waals surface area contributed by atoms with E-state index in [0.717, 1.165) is 32.4 Å². The molecule has 0 aromatic heterocycles. The summed E-state index contributed by atoms with van der Waals surface area (Å²) in [4.78, 5) is 25.0. The first kappa shape index (κ1) is 8.41. The maximum absolute atomic E-state index is 11.7. The van der Waals surface area contributed by atoms with Gasteiger partial charge >= 0.3 is 0 Å². The summed E-state index contributed by atoms with van der Waals surface area (Å²) in [6.45, 7) is 1.86. The lowest BCUT2D eigenvalue weighted by atomic mass is 10.0. The lowest BCUT2D eigenvalue weighted by Gasteiger charge is -2.31. The van der Waals surface area contributed by atoms with Gasteiger partial charge in [0, 0.05) is 6.04 Å². The second kappa shape index (κ2) is 2.79. The third kappa shape index (κ3) is 1.03. The van der Waals surface area contributed by atoms with E-state index in [1.807, 2.05) is 0 Å². The number of nitrogens with one attached hydrogen (secondary N) is 1. The molecule has 0 aromatic carbocycles. The van der Waals surface area contributed by atoms with Gasteiger partial charge in [-0.15, -0.1) is 0 Å². The molecule has 1 saturated carbocycles. The first-order valence-electron chi connectivity index (χ1n) is 5.36. The third-order valence-electron chi connectivity index (χ3n) is 3.57. The predicted octanol–water partition coefficient (Wildman–Crippen LogP) is -0.257. The Morgan fingerprint density at radius 2 is 1.64 bits per heavy atom. The Kier molecular flexibility index (Phi) is 1.68. The monoisotopic (exact) mass is 194 g/mol. The summed E-state index contributed by atoms with van der Waals surface area (Å²) in [5.41, 5.74) is 0. The number of nitrogens with zero attached hydrogens (tertiary/aromatic N) is 1. The molecule has 0 bridgehead atoms. The number of fused-ring (bicyclic) bond motifs is 1. The number of carbonyl (C=O) groups excluding carboxylic acids is 2. The van der Waals surface area contributed by atoms with E-state index in [4.69, 9.17) is 0 Å². The molecule has 0 radical (unpaired) electrons. The van der Waals surface area contributed by atoms with Crippen LogP contribution < -0.4 is 5.32 Å². The largest absolute Gasteiger partial charge is 0.317 e. The molecule has 3 fully saturated rings. The van der Waals surface area contributed by atoms with Crippen molar-refractivity contribution >= 4 is 11.8 Å². The Morgan fingerprint density at radius 1 is 1.07 bits per heavy atom. The van der Waals surface area contributed by atoms with Crippen molar-refractivity contribution in [3.63, 3.8) is 0 Å². The van der Waals surface area contributed by atoms with E-state index in [-0.39, 0.29) is 29.7 Å². The van der Waals surface area contributed by atoms with Gasteiger partial charge in [-0.3, -0.25) is 14.5 Å². The highest BCUT2D eigenvalue weighted by Gasteiger charge is 2.60. The number of piperidine rings is 2. The van der Waals surface area contributed by atoms with E-state index < -0.39 is 0 Å². The molecule has 4 heteroatoms. The van der Waals surface area contributed by atoms with Crippen molar-refractivity contribution in [2.24, 2.45) is 11.8 Å².